The standard InChI is InChI=1S/C19H23Cl2N5OS/c1-5-8-28-25-19-17(21)18(14(20)9-22-19)24-15-6-7-16(23-11-26(3)4)13(10-27)12(15)2/h6-7,9-11H,5,8H2,1-4H3,(H2,22,24,25). The second-order valence-corrected chi connectivity index (χ2v) is 7.90. The number of benzene rings is 1. The average Bonchev–Trinajstić information content (AvgIpc) is 2.66. The number of pyridine rings is 1. The smallest absolute Gasteiger partial charge is 0.156 e. The predicted molar refractivity (Wildman–Crippen MR) is 122 cm³/mol. The number of hydrogen-bond acceptors (Lipinski definition) is 6. The van der Waals surface area contributed by atoms with Crippen molar-refractivity contribution < 1.29 is 4.79 Å². The molecule has 0 unspecified atom stereocenters. The van der Waals surface area contributed by atoms with E-state index >= 15 is 0 Å². The first kappa shape index (κ1) is 22.3. The van der Waals surface area contributed by atoms with Crippen LogP contribution in [0, 0.1) is 6.92 Å². The van der Waals surface area contributed by atoms with Gasteiger partial charge >= 0.3 is 0 Å². The van der Waals surface area contributed by atoms with Crippen molar-refractivity contribution in [3.63, 3.8) is 0 Å². The molecule has 28 heavy (non-hydrogen) atoms. The van der Waals surface area contributed by atoms with Crippen molar-refractivity contribution in [2.45, 2.75) is 20.3 Å². The molecule has 1 aromatic carbocycles. The minimum Gasteiger partial charge on any atom is -0.369 e. The zero-order valence-electron chi connectivity index (χ0n) is 16.2. The number of nitrogens with zero attached hydrogens (tertiary/aromatic N) is 3. The molecule has 9 heteroatoms. The molecule has 0 saturated carbocycles. The van der Waals surface area contributed by atoms with Crippen LogP contribution in [0.3, 0.4) is 0 Å². The van der Waals surface area contributed by atoms with E-state index in [-0.39, 0.29) is 0 Å². The second-order valence-electron chi connectivity index (χ2n) is 6.22. The Kier molecular flexibility index (Phi) is 8.41. The Morgan fingerprint density at radius 1 is 1.32 bits per heavy atom. The summed E-state index contributed by atoms with van der Waals surface area (Å²) in [6.07, 6.45) is 5.02. The normalized spacial score (nSPS) is 10.9. The number of aromatic nitrogens is 1. The van der Waals surface area contributed by atoms with E-state index in [2.05, 4.69) is 26.9 Å². The molecule has 6 nitrogen and oxygen atoms in total. The third-order valence-corrected chi connectivity index (χ3v) is 5.35. The molecule has 2 N–H and O–H groups in total. The van der Waals surface area contributed by atoms with Crippen molar-refractivity contribution in [2.24, 2.45) is 4.99 Å². The van der Waals surface area contributed by atoms with E-state index in [9.17, 15) is 4.79 Å². The first-order chi connectivity index (χ1) is 13.4. The van der Waals surface area contributed by atoms with Gasteiger partial charge in [-0.05, 0) is 31.0 Å². The van der Waals surface area contributed by atoms with Crippen molar-refractivity contribution in [3.8, 4) is 0 Å². The topological polar surface area (TPSA) is 69.6 Å². The van der Waals surface area contributed by atoms with Crippen LogP contribution in [-0.4, -0.2) is 42.4 Å². The molecule has 150 valence electrons. The predicted octanol–water partition coefficient (Wildman–Crippen LogP) is 5.94. The van der Waals surface area contributed by atoms with Gasteiger partial charge in [-0.15, -0.1) is 0 Å². The number of rotatable bonds is 9. The number of aldehydes is 1. The summed E-state index contributed by atoms with van der Waals surface area (Å²) in [6, 6.07) is 3.62. The molecule has 1 aromatic heterocycles. The second kappa shape index (κ2) is 10.5. The van der Waals surface area contributed by atoms with Crippen LogP contribution in [0.5, 0.6) is 0 Å². The van der Waals surface area contributed by atoms with Crippen molar-refractivity contribution in [1.29, 1.82) is 0 Å². The highest BCUT2D eigenvalue weighted by Gasteiger charge is 2.15. The summed E-state index contributed by atoms with van der Waals surface area (Å²) in [6.45, 7) is 3.94. The molecule has 0 fully saturated rings. The van der Waals surface area contributed by atoms with Gasteiger partial charge in [0.1, 0.15) is 5.02 Å². The van der Waals surface area contributed by atoms with Crippen LogP contribution in [0.15, 0.2) is 23.3 Å². The van der Waals surface area contributed by atoms with E-state index in [1.807, 2.05) is 27.1 Å². The fourth-order valence-electron chi connectivity index (χ4n) is 2.30. The first-order valence-electron chi connectivity index (χ1n) is 8.67. The minimum atomic E-state index is 0.387. The molecule has 0 bridgehead atoms. The van der Waals surface area contributed by atoms with E-state index in [1.165, 1.54) is 18.1 Å². The van der Waals surface area contributed by atoms with Crippen LogP contribution in [0.25, 0.3) is 0 Å². The highest BCUT2D eigenvalue weighted by molar-refractivity contribution is 8.00. The highest BCUT2D eigenvalue weighted by atomic mass is 35.5. The largest absolute Gasteiger partial charge is 0.369 e. The SMILES string of the molecule is CCCSNc1ncc(Cl)c(Nc2ccc(N=CN(C)C)c(C=O)c2C)c1Cl. The minimum absolute atomic E-state index is 0.387. The maximum absolute atomic E-state index is 11.6. The van der Waals surface area contributed by atoms with Gasteiger partial charge in [-0.3, -0.25) is 4.79 Å². The van der Waals surface area contributed by atoms with Gasteiger partial charge in [-0.25, -0.2) is 9.98 Å². The lowest BCUT2D eigenvalue weighted by Crippen LogP contribution is -2.07. The lowest BCUT2D eigenvalue weighted by Gasteiger charge is -2.16. The Morgan fingerprint density at radius 3 is 2.71 bits per heavy atom. The van der Waals surface area contributed by atoms with Gasteiger partial charge < -0.3 is 14.9 Å². The summed E-state index contributed by atoms with van der Waals surface area (Å²) in [5.74, 6) is 1.47. The fourth-order valence-corrected chi connectivity index (χ4v) is 3.43. The van der Waals surface area contributed by atoms with E-state index in [4.69, 9.17) is 23.2 Å². The lowest BCUT2D eigenvalue weighted by atomic mass is 10.1. The molecule has 0 amide bonds. The Balaban J connectivity index is 2.37. The summed E-state index contributed by atoms with van der Waals surface area (Å²) in [7, 11) is 3.73. The Morgan fingerprint density at radius 2 is 2.07 bits per heavy atom. The molecule has 0 spiro atoms. The zero-order valence-corrected chi connectivity index (χ0v) is 18.5. The van der Waals surface area contributed by atoms with Gasteiger partial charge in [0.2, 0.25) is 0 Å². The molecule has 0 saturated heterocycles. The average molecular weight is 440 g/mol. The third kappa shape index (κ3) is 5.53. The quantitative estimate of drug-likeness (QED) is 0.165. The van der Waals surface area contributed by atoms with E-state index < -0.39 is 0 Å². The van der Waals surface area contributed by atoms with Gasteiger partial charge in [0.25, 0.3) is 0 Å². The molecular formula is C19H23Cl2N5OS. The fraction of sp³-hybridized carbons (Fsp3) is 0.316. The maximum atomic E-state index is 11.6. The van der Waals surface area contributed by atoms with E-state index in [0.717, 1.165) is 24.0 Å². The molecule has 1 heterocycles. The summed E-state index contributed by atoms with van der Waals surface area (Å²) in [4.78, 5) is 22.0. The number of carbonyl (C=O) groups excluding carboxylic acids is 1. The highest BCUT2D eigenvalue weighted by Crippen LogP contribution is 2.39. The van der Waals surface area contributed by atoms with Crippen molar-refractivity contribution in [2.75, 3.05) is 29.9 Å². The number of halogens is 2. The molecule has 0 radical (unpaired) electrons. The monoisotopic (exact) mass is 439 g/mol. The van der Waals surface area contributed by atoms with Gasteiger partial charge in [-0.1, -0.05) is 42.1 Å². The van der Waals surface area contributed by atoms with E-state index in [1.54, 1.807) is 17.3 Å². The van der Waals surface area contributed by atoms with Crippen LogP contribution < -0.4 is 10.0 Å². The first-order valence-corrected chi connectivity index (χ1v) is 10.4. The van der Waals surface area contributed by atoms with Gasteiger partial charge in [0, 0.05) is 31.1 Å². The Bertz CT molecular complexity index is 874. The van der Waals surface area contributed by atoms with Gasteiger partial charge in [0.15, 0.2) is 12.1 Å². The number of carbonyl (C=O) groups is 1. The maximum Gasteiger partial charge on any atom is 0.156 e. The molecule has 0 atom stereocenters. The van der Waals surface area contributed by atoms with Gasteiger partial charge in [0.05, 0.1) is 28.9 Å². The Labute approximate surface area is 179 Å². The van der Waals surface area contributed by atoms with Crippen molar-refractivity contribution in [1.82, 2.24) is 9.88 Å². The number of hydrogen-bond donors (Lipinski definition) is 2. The van der Waals surface area contributed by atoms with E-state index in [0.29, 0.717) is 38.5 Å². The number of aliphatic imine (C=N–C) groups is 1. The number of nitrogens with one attached hydrogen (secondary N) is 2. The van der Waals surface area contributed by atoms with Crippen LogP contribution >= 0.6 is 35.1 Å². The van der Waals surface area contributed by atoms with Crippen LogP contribution in [0.2, 0.25) is 10.0 Å². The summed E-state index contributed by atoms with van der Waals surface area (Å²) in [5.41, 5.74) is 3.09. The van der Waals surface area contributed by atoms with Crippen molar-refractivity contribution >= 4 is 70.7 Å². The zero-order chi connectivity index (χ0) is 20.7. The molecule has 2 rings (SSSR count). The molecule has 0 aliphatic heterocycles. The summed E-state index contributed by atoms with van der Waals surface area (Å²) >= 11 is 14.3. The summed E-state index contributed by atoms with van der Waals surface area (Å²) < 4.78 is 3.14. The molecule has 0 aliphatic rings. The molecule has 2 aromatic rings. The summed E-state index contributed by atoms with van der Waals surface area (Å²) in [5, 5.41) is 4.01. The molecular weight excluding hydrogens is 417 g/mol. The lowest BCUT2D eigenvalue weighted by molar-refractivity contribution is 0.112. The van der Waals surface area contributed by atoms with Gasteiger partial charge in [-0.2, -0.15) is 0 Å². The molecule has 0 aliphatic carbocycles. The third-order valence-electron chi connectivity index (χ3n) is 3.75. The van der Waals surface area contributed by atoms with Crippen molar-refractivity contribution in [3.05, 3.63) is 39.5 Å². The Hall–Kier alpha value is -1.96. The number of anilines is 3. The van der Waals surface area contributed by atoms with Crippen LogP contribution in [0.4, 0.5) is 22.9 Å². The van der Waals surface area contributed by atoms with Crippen LogP contribution in [0.1, 0.15) is 29.3 Å². The van der Waals surface area contributed by atoms with Crippen LogP contribution in [-0.2, 0) is 0 Å².